The van der Waals surface area contributed by atoms with Gasteiger partial charge in [-0.2, -0.15) is 5.26 Å². The summed E-state index contributed by atoms with van der Waals surface area (Å²) in [4.78, 5) is 0.172. The summed E-state index contributed by atoms with van der Waals surface area (Å²) < 4.78 is 30.0. The second-order valence-corrected chi connectivity index (χ2v) is 7.49. The quantitative estimate of drug-likeness (QED) is 0.892. The van der Waals surface area contributed by atoms with E-state index < -0.39 is 9.84 Å². The topological polar surface area (TPSA) is 93.2 Å². The third-order valence-corrected chi connectivity index (χ3v) is 5.37. The van der Waals surface area contributed by atoms with E-state index in [-0.39, 0.29) is 29.4 Å². The Kier molecular flexibility index (Phi) is 5.34. The largest absolute Gasteiger partial charge is 0.377 e. The van der Waals surface area contributed by atoms with E-state index in [4.69, 9.17) is 15.7 Å². The van der Waals surface area contributed by atoms with E-state index in [1.165, 1.54) is 12.1 Å². The Morgan fingerprint density at radius 2 is 2.19 bits per heavy atom. The van der Waals surface area contributed by atoms with Crippen molar-refractivity contribution in [2.45, 2.75) is 42.7 Å². The molecular weight excluding hydrogens is 288 g/mol. The molecule has 21 heavy (non-hydrogen) atoms. The fourth-order valence-corrected chi connectivity index (χ4v) is 3.68. The van der Waals surface area contributed by atoms with Crippen LogP contribution in [0, 0.1) is 11.3 Å². The summed E-state index contributed by atoms with van der Waals surface area (Å²) in [7, 11) is -3.41. The van der Waals surface area contributed by atoms with Gasteiger partial charge in [-0.15, -0.1) is 0 Å². The Balaban J connectivity index is 1.90. The molecule has 1 aromatic carbocycles. The Morgan fingerprint density at radius 3 is 2.90 bits per heavy atom. The maximum absolute atomic E-state index is 12.2. The molecule has 2 unspecified atom stereocenters. The first-order valence-electron chi connectivity index (χ1n) is 7.11. The number of hydrogen-bond acceptors (Lipinski definition) is 5. The molecule has 0 radical (unpaired) electrons. The van der Waals surface area contributed by atoms with Crippen LogP contribution in [0.5, 0.6) is 0 Å². The van der Waals surface area contributed by atoms with Crippen LogP contribution in [0.2, 0.25) is 0 Å². The van der Waals surface area contributed by atoms with Crippen molar-refractivity contribution in [3.8, 4) is 6.07 Å². The molecule has 0 amide bonds. The number of rotatable bonds is 5. The van der Waals surface area contributed by atoms with Gasteiger partial charge >= 0.3 is 0 Å². The molecule has 0 aromatic heterocycles. The fourth-order valence-electron chi connectivity index (χ4n) is 2.53. The summed E-state index contributed by atoms with van der Waals surface area (Å²) in [6.45, 7) is 0.163. The lowest BCUT2D eigenvalue weighted by Gasteiger charge is -2.26. The molecule has 2 rings (SSSR count). The second kappa shape index (κ2) is 7.03. The summed E-state index contributed by atoms with van der Waals surface area (Å²) >= 11 is 0. The van der Waals surface area contributed by atoms with Crippen molar-refractivity contribution >= 4 is 9.84 Å². The van der Waals surface area contributed by atoms with E-state index in [9.17, 15) is 8.42 Å². The van der Waals surface area contributed by atoms with Crippen molar-refractivity contribution in [3.63, 3.8) is 0 Å². The van der Waals surface area contributed by atoms with E-state index in [0.717, 1.165) is 25.7 Å². The molecule has 1 fully saturated rings. The average Bonchev–Trinajstić information content (AvgIpc) is 2.47. The predicted molar refractivity (Wildman–Crippen MR) is 79.4 cm³/mol. The van der Waals surface area contributed by atoms with E-state index in [2.05, 4.69) is 0 Å². The SMILES string of the molecule is N#Cc1cccc(S(=O)(=O)CCOC2CCCC(N)C2)c1. The molecule has 0 spiro atoms. The Morgan fingerprint density at radius 1 is 1.38 bits per heavy atom. The fraction of sp³-hybridized carbons (Fsp3) is 0.533. The van der Waals surface area contributed by atoms with Crippen LogP contribution in [0.4, 0.5) is 0 Å². The molecule has 6 heteroatoms. The molecule has 1 aliphatic carbocycles. The van der Waals surface area contributed by atoms with Crippen LogP contribution in [0.3, 0.4) is 0 Å². The van der Waals surface area contributed by atoms with Crippen LogP contribution in [0.15, 0.2) is 29.2 Å². The Hall–Kier alpha value is -1.42. The number of nitrogens with zero attached hydrogens (tertiary/aromatic N) is 1. The minimum absolute atomic E-state index is 0.0643. The monoisotopic (exact) mass is 308 g/mol. The minimum atomic E-state index is -3.41. The van der Waals surface area contributed by atoms with Gasteiger partial charge in [0.25, 0.3) is 0 Å². The van der Waals surface area contributed by atoms with Crippen LogP contribution in [-0.4, -0.2) is 32.9 Å². The normalized spacial score (nSPS) is 22.7. The third kappa shape index (κ3) is 4.53. The van der Waals surface area contributed by atoms with Gasteiger partial charge in [0.15, 0.2) is 9.84 Å². The summed E-state index contributed by atoms with van der Waals surface area (Å²) in [5, 5.41) is 8.82. The number of sulfone groups is 1. The van der Waals surface area contributed by atoms with Gasteiger partial charge in [-0.25, -0.2) is 8.42 Å². The molecule has 0 heterocycles. The van der Waals surface area contributed by atoms with Crippen LogP contribution in [0.1, 0.15) is 31.2 Å². The van der Waals surface area contributed by atoms with Crippen LogP contribution >= 0.6 is 0 Å². The first kappa shape index (κ1) is 16.0. The number of hydrogen-bond donors (Lipinski definition) is 1. The van der Waals surface area contributed by atoms with Gasteiger partial charge in [-0.3, -0.25) is 0 Å². The molecule has 1 aliphatic rings. The maximum atomic E-state index is 12.2. The van der Waals surface area contributed by atoms with Gasteiger partial charge in [-0.1, -0.05) is 6.07 Å². The number of ether oxygens (including phenoxy) is 1. The van der Waals surface area contributed by atoms with E-state index in [1.54, 1.807) is 12.1 Å². The Labute approximate surface area is 125 Å². The molecule has 2 atom stereocenters. The highest BCUT2D eigenvalue weighted by molar-refractivity contribution is 7.91. The van der Waals surface area contributed by atoms with Crippen molar-refractivity contribution in [2.24, 2.45) is 5.73 Å². The molecule has 0 saturated heterocycles. The van der Waals surface area contributed by atoms with Crippen LogP contribution in [-0.2, 0) is 14.6 Å². The number of benzene rings is 1. The predicted octanol–water partition coefficient (Wildman–Crippen LogP) is 1.62. The second-order valence-electron chi connectivity index (χ2n) is 5.38. The zero-order valence-electron chi connectivity index (χ0n) is 11.9. The highest BCUT2D eigenvalue weighted by atomic mass is 32.2. The van der Waals surface area contributed by atoms with Crippen molar-refractivity contribution < 1.29 is 13.2 Å². The minimum Gasteiger partial charge on any atom is -0.377 e. The lowest BCUT2D eigenvalue weighted by molar-refractivity contribution is 0.0327. The summed E-state index contributed by atoms with van der Waals surface area (Å²) in [5.41, 5.74) is 6.22. The van der Waals surface area contributed by atoms with E-state index >= 15 is 0 Å². The van der Waals surface area contributed by atoms with Crippen molar-refractivity contribution in [3.05, 3.63) is 29.8 Å². The zero-order valence-corrected chi connectivity index (χ0v) is 12.7. The highest BCUT2D eigenvalue weighted by Gasteiger charge is 2.21. The number of nitriles is 1. The van der Waals surface area contributed by atoms with Gasteiger partial charge in [0.2, 0.25) is 0 Å². The molecule has 1 saturated carbocycles. The van der Waals surface area contributed by atoms with Gasteiger partial charge < -0.3 is 10.5 Å². The summed E-state index contributed by atoms with van der Waals surface area (Å²) in [5.74, 6) is -0.0758. The first-order valence-corrected chi connectivity index (χ1v) is 8.76. The molecule has 114 valence electrons. The van der Waals surface area contributed by atoms with Crippen molar-refractivity contribution in [1.29, 1.82) is 5.26 Å². The highest BCUT2D eigenvalue weighted by Crippen LogP contribution is 2.20. The van der Waals surface area contributed by atoms with Gasteiger partial charge in [-0.05, 0) is 43.9 Å². The Bertz CT molecular complexity index is 622. The molecular formula is C15H20N2O3S. The van der Waals surface area contributed by atoms with Gasteiger partial charge in [0.1, 0.15) is 0 Å². The van der Waals surface area contributed by atoms with Gasteiger partial charge in [0.05, 0.1) is 35.0 Å². The molecule has 0 aliphatic heterocycles. The van der Waals surface area contributed by atoms with E-state index in [0.29, 0.717) is 5.56 Å². The number of nitrogens with two attached hydrogens (primary N) is 1. The van der Waals surface area contributed by atoms with E-state index in [1.807, 2.05) is 6.07 Å². The van der Waals surface area contributed by atoms with Crippen molar-refractivity contribution in [2.75, 3.05) is 12.4 Å². The average molecular weight is 308 g/mol. The molecule has 2 N–H and O–H groups in total. The van der Waals surface area contributed by atoms with Crippen LogP contribution < -0.4 is 5.73 Å². The maximum Gasteiger partial charge on any atom is 0.180 e. The zero-order chi connectivity index (χ0) is 15.3. The summed E-state index contributed by atoms with van der Waals surface area (Å²) in [6.07, 6.45) is 3.85. The first-order chi connectivity index (χ1) is 10.0. The van der Waals surface area contributed by atoms with Gasteiger partial charge in [0, 0.05) is 6.04 Å². The van der Waals surface area contributed by atoms with Crippen LogP contribution in [0.25, 0.3) is 0 Å². The lowest BCUT2D eigenvalue weighted by Crippen LogP contribution is -2.33. The van der Waals surface area contributed by atoms with Crippen molar-refractivity contribution in [1.82, 2.24) is 0 Å². The molecule has 0 bridgehead atoms. The molecule has 5 nitrogen and oxygen atoms in total. The lowest BCUT2D eigenvalue weighted by atomic mass is 9.94. The smallest absolute Gasteiger partial charge is 0.180 e. The standard InChI is InChI=1S/C15H20N2O3S/c16-11-12-3-1-6-15(9-12)21(18,19)8-7-20-14-5-2-4-13(17)10-14/h1,3,6,9,13-14H,2,4-5,7-8,10,17H2. The summed E-state index contributed by atoms with van der Waals surface area (Å²) in [6, 6.07) is 8.16. The molecule has 1 aromatic rings. The third-order valence-electron chi connectivity index (χ3n) is 3.69.